The van der Waals surface area contributed by atoms with E-state index in [0.717, 1.165) is 56.3 Å². The van der Waals surface area contributed by atoms with Crippen LogP contribution < -0.4 is 10.6 Å². The molecular weight excluding hydrogens is 493 g/mol. The molecule has 0 saturated carbocycles. The quantitative estimate of drug-likeness (QED) is 0.173. The molecule has 0 spiro atoms. The Morgan fingerprint density at radius 3 is 2.40 bits per heavy atom. The van der Waals surface area contributed by atoms with Crippen molar-refractivity contribution in [2.75, 3.05) is 17.7 Å². The summed E-state index contributed by atoms with van der Waals surface area (Å²) in [5.41, 5.74) is 10.7. The SMILES string of the molecule is C#Cc1ccc(CN(C)/C(=C\C=C)c2cc(F)c(C)c(CC=C)c2)c(C(=C)C)c1.C=C1Nc2ccc(C)cc2N1. The molecule has 0 unspecified atom stereocenters. The van der Waals surface area contributed by atoms with E-state index < -0.39 is 0 Å². The Bertz CT molecular complexity index is 1530. The highest BCUT2D eigenvalue weighted by atomic mass is 19.1. The second-order valence-corrected chi connectivity index (χ2v) is 9.95. The number of nitrogens with one attached hydrogen (secondary N) is 2. The normalized spacial score (nSPS) is 11.7. The highest BCUT2D eigenvalue weighted by Crippen LogP contribution is 2.30. The molecule has 0 aromatic heterocycles. The van der Waals surface area contributed by atoms with Gasteiger partial charge in [0.25, 0.3) is 0 Å². The van der Waals surface area contributed by atoms with Gasteiger partial charge in [-0.1, -0.05) is 55.5 Å². The van der Waals surface area contributed by atoms with E-state index in [9.17, 15) is 4.39 Å². The van der Waals surface area contributed by atoms with Crippen molar-refractivity contribution >= 4 is 22.6 Å². The average Bonchev–Trinajstić information content (AvgIpc) is 3.29. The maximum Gasteiger partial charge on any atom is 0.127 e. The molecule has 3 aromatic rings. The number of hydrogen-bond acceptors (Lipinski definition) is 3. The Balaban J connectivity index is 0.000000330. The highest BCUT2D eigenvalue weighted by Gasteiger charge is 2.15. The van der Waals surface area contributed by atoms with Crippen molar-refractivity contribution < 1.29 is 4.39 Å². The Hall–Kier alpha value is -4.75. The van der Waals surface area contributed by atoms with Gasteiger partial charge < -0.3 is 15.5 Å². The van der Waals surface area contributed by atoms with Crippen LogP contribution >= 0.6 is 0 Å². The molecule has 4 heteroatoms. The van der Waals surface area contributed by atoms with Crippen molar-refractivity contribution in [3.63, 3.8) is 0 Å². The van der Waals surface area contributed by atoms with E-state index in [4.69, 9.17) is 6.42 Å². The number of benzene rings is 3. The largest absolute Gasteiger partial charge is 0.370 e. The lowest BCUT2D eigenvalue weighted by Gasteiger charge is -2.25. The van der Waals surface area contributed by atoms with Gasteiger partial charge in [0.2, 0.25) is 0 Å². The molecular formula is C36H38FN3. The molecule has 1 aliphatic heterocycles. The molecule has 204 valence electrons. The Morgan fingerprint density at radius 1 is 1.02 bits per heavy atom. The third-order valence-corrected chi connectivity index (χ3v) is 6.69. The third kappa shape index (κ3) is 7.21. The summed E-state index contributed by atoms with van der Waals surface area (Å²) in [5, 5.41) is 6.25. The maximum atomic E-state index is 14.6. The van der Waals surface area contributed by atoms with Crippen LogP contribution in [0.1, 0.15) is 45.9 Å². The zero-order valence-electron chi connectivity index (χ0n) is 24.0. The molecule has 1 aliphatic rings. The number of allylic oxidation sites excluding steroid dienone is 4. The maximum absolute atomic E-state index is 14.6. The third-order valence-electron chi connectivity index (χ3n) is 6.69. The van der Waals surface area contributed by atoms with Gasteiger partial charge in [-0.05, 0) is 97.5 Å². The van der Waals surface area contributed by atoms with Crippen molar-refractivity contribution in [3.05, 3.63) is 144 Å². The monoisotopic (exact) mass is 531 g/mol. The molecule has 3 aromatic carbocycles. The smallest absolute Gasteiger partial charge is 0.127 e. The van der Waals surface area contributed by atoms with E-state index >= 15 is 0 Å². The predicted octanol–water partition coefficient (Wildman–Crippen LogP) is 8.84. The van der Waals surface area contributed by atoms with E-state index in [1.165, 1.54) is 5.56 Å². The van der Waals surface area contributed by atoms with Crippen LogP contribution in [0.2, 0.25) is 0 Å². The summed E-state index contributed by atoms with van der Waals surface area (Å²) in [7, 11) is 1.98. The molecule has 1 heterocycles. The van der Waals surface area contributed by atoms with Crippen molar-refractivity contribution in [2.24, 2.45) is 0 Å². The number of terminal acetylenes is 1. The standard InChI is InChI=1S/C27H28FN.C9H10N2/c1-8-11-22-16-24(17-26(28)20(22)6)27(12-9-2)29(7)18-23-14-13-21(10-3)15-25(23)19(4)5;1-6-3-4-8-9(5-6)11-7(2)10-8/h3,8-9,12-17H,1-2,4,11,18H2,5-7H3;3-5,10-11H,2H2,1H3/b27-12-;. The molecule has 2 N–H and O–H groups in total. The molecule has 0 amide bonds. The Labute approximate surface area is 239 Å². The van der Waals surface area contributed by atoms with E-state index in [2.05, 4.69) is 72.9 Å². The van der Waals surface area contributed by atoms with Crippen LogP contribution in [0.4, 0.5) is 15.8 Å². The van der Waals surface area contributed by atoms with Gasteiger partial charge in [0.15, 0.2) is 0 Å². The molecule has 4 rings (SSSR count). The molecule has 0 atom stereocenters. The van der Waals surface area contributed by atoms with Crippen LogP contribution in [0, 0.1) is 32.0 Å². The minimum Gasteiger partial charge on any atom is -0.370 e. The molecule has 0 radical (unpaired) electrons. The van der Waals surface area contributed by atoms with Gasteiger partial charge in [-0.2, -0.15) is 0 Å². The summed E-state index contributed by atoms with van der Waals surface area (Å²) in [6.07, 6.45) is 11.6. The van der Waals surface area contributed by atoms with Gasteiger partial charge in [0.05, 0.1) is 11.4 Å². The molecule has 0 bridgehead atoms. The minimum absolute atomic E-state index is 0.219. The number of aryl methyl sites for hydroxylation is 1. The van der Waals surface area contributed by atoms with Crippen LogP contribution in [0.3, 0.4) is 0 Å². The molecule has 3 nitrogen and oxygen atoms in total. The van der Waals surface area contributed by atoms with Crippen molar-refractivity contribution in [1.29, 1.82) is 0 Å². The van der Waals surface area contributed by atoms with Gasteiger partial charge >= 0.3 is 0 Å². The van der Waals surface area contributed by atoms with Crippen molar-refractivity contribution in [3.8, 4) is 12.3 Å². The van der Waals surface area contributed by atoms with Crippen LogP contribution in [-0.2, 0) is 13.0 Å². The van der Waals surface area contributed by atoms with Crippen molar-refractivity contribution in [2.45, 2.75) is 33.7 Å². The number of rotatable bonds is 8. The first-order valence-electron chi connectivity index (χ1n) is 13.1. The fourth-order valence-electron chi connectivity index (χ4n) is 4.58. The summed E-state index contributed by atoms with van der Waals surface area (Å²) >= 11 is 0. The fraction of sp³-hybridized carbons (Fsp3) is 0.167. The summed E-state index contributed by atoms with van der Waals surface area (Å²) in [4.78, 5) is 2.08. The van der Waals surface area contributed by atoms with Crippen LogP contribution in [0.15, 0.2) is 98.9 Å². The fourth-order valence-corrected chi connectivity index (χ4v) is 4.58. The lowest BCUT2D eigenvalue weighted by atomic mass is 9.97. The van der Waals surface area contributed by atoms with Crippen LogP contribution in [0.25, 0.3) is 11.3 Å². The lowest BCUT2D eigenvalue weighted by Crippen LogP contribution is -2.18. The second kappa shape index (κ2) is 13.4. The highest BCUT2D eigenvalue weighted by molar-refractivity contribution is 5.79. The average molecular weight is 532 g/mol. The van der Waals surface area contributed by atoms with E-state index in [1.807, 2.05) is 44.3 Å². The van der Waals surface area contributed by atoms with Crippen LogP contribution in [0.5, 0.6) is 0 Å². The minimum atomic E-state index is -0.219. The zero-order chi connectivity index (χ0) is 29.4. The first kappa shape index (κ1) is 29.8. The first-order chi connectivity index (χ1) is 19.1. The van der Waals surface area contributed by atoms with Gasteiger partial charge in [0, 0.05) is 30.4 Å². The van der Waals surface area contributed by atoms with Gasteiger partial charge in [0.1, 0.15) is 11.6 Å². The predicted molar refractivity (Wildman–Crippen MR) is 171 cm³/mol. The summed E-state index contributed by atoms with van der Waals surface area (Å²) < 4.78 is 14.6. The first-order valence-corrected chi connectivity index (χ1v) is 13.1. The molecule has 0 aliphatic carbocycles. The number of fused-ring (bicyclic) bond motifs is 1. The van der Waals surface area contributed by atoms with Crippen LogP contribution in [-0.4, -0.2) is 11.9 Å². The lowest BCUT2D eigenvalue weighted by molar-refractivity contribution is 0.474. The molecule has 0 saturated heterocycles. The zero-order valence-corrected chi connectivity index (χ0v) is 24.0. The summed E-state index contributed by atoms with van der Waals surface area (Å²) in [6, 6.07) is 15.8. The number of nitrogens with zero attached hydrogens (tertiary/aromatic N) is 1. The van der Waals surface area contributed by atoms with E-state index in [1.54, 1.807) is 25.1 Å². The molecule has 40 heavy (non-hydrogen) atoms. The number of hydrogen-bond donors (Lipinski definition) is 2. The molecule has 0 fully saturated rings. The summed E-state index contributed by atoms with van der Waals surface area (Å²) in [6.45, 7) is 21.9. The topological polar surface area (TPSA) is 27.3 Å². The van der Waals surface area contributed by atoms with E-state index in [-0.39, 0.29) is 5.82 Å². The number of halogens is 1. The summed E-state index contributed by atoms with van der Waals surface area (Å²) in [5.74, 6) is 3.31. The number of anilines is 2. The van der Waals surface area contributed by atoms with Gasteiger partial charge in [-0.15, -0.1) is 13.0 Å². The van der Waals surface area contributed by atoms with Gasteiger partial charge in [-0.25, -0.2) is 4.39 Å². The Morgan fingerprint density at radius 2 is 1.75 bits per heavy atom. The Kier molecular flexibility index (Phi) is 9.95. The van der Waals surface area contributed by atoms with Gasteiger partial charge in [-0.3, -0.25) is 0 Å². The second-order valence-electron chi connectivity index (χ2n) is 9.95. The van der Waals surface area contributed by atoms with E-state index in [0.29, 0.717) is 18.5 Å². The van der Waals surface area contributed by atoms with Crippen molar-refractivity contribution in [1.82, 2.24) is 4.90 Å².